The van der Waals surface area contributed by atoms with E-state index in [0.717, 1.165) is 9.87 Å². The van der Waals surface area contributed by atoms with Crippen LogP contribution in [0.2, 0.25) is 0 Å². The van der Waals surface area contributed by atoms with E-state index in [4.69, 9.17) is 10.2 Å². The first-order chi connectivity index (χ1) is 9.72. The molecule has 0 bridgehead atoms. The van der Waals surface area contributed by atoms with Crippen LogP contribution >= 0.6 is 0 Å². The Kier molecular flexibility index (Phi) is 5.82. The molecule has 8 nitrogen and oxygen atoms in total. The van der Waals surface area contributed by atoms with Gasteiger partial charge in [-0.25, -0.2) is 0 Å². The van der Waals surface area contributed by atoms with Crippen LogP contribution in [-0.4, -0.2) is 48.0 Å². The number of aliphatic carboxylic acids is 2. The Balaban J connectivity index is 2.79. The summed E-state index contributed by atoms with van der Waals surface area (Å²) in [6.45, 7) is 0.0373. The van der Waals surface area contributed by atoms with E-state index in [2.05, 4.69) is 0 Å². The summed E-state index contributed by atoms with van der Waals surface area (Å²) in [5.74, 6) is -2.95. The minimum Gasteiger partial charge on any atom is -0.481 e. The second-order valence-electron chi connectivity index (χ2n) is 4.35. The number of nitrogens with one attached hydrogen (secondary N) is 1. The van der Waals surface area contributed by atoms with Crippen LogP contribution in [0.5, 0.6) is 0 Å². The Morgan fingerprint density at radius 1 is 1.24 bits per heavy atom. The number of nitrogens with zero attached hydrogens (tertiary/aromatic N) is 1. The third kappa shape index (κ3) is 5.50. The molecule has 1 atom stereocenters. The molecule has 0 saturated heterocycles. The van der Waals surface area contributed by atoms with E-state index in [-0.39, 0.29) is 6.54 Å². The van der Waals surface area contributed by atoms with Crippen LogP contribution in [0.1, 0.15) is 12.0 Å². The van der Waals surface area contributed by atoms with Gasteiger partial charge in [0, 0.05) is 13.6 Å². The molecule has 1 aromatic carbocycles. The molecule has 0 aliphatic heterocycles. The van der Waals surface area contributed by atoms with Gasteiger partial charge < -0.3 is 10.2 Å². The Morgan fingerprint density at radius 2 is 1.81 bits per heavy atom. The maximum atomic E-state index is 12.0. The zero-order chi connectivity index (χ0) is 16.0. The van der Waals surface area contributed by atoms with Crippen molar-refractivity contribution in [2.45, 2.75) is 19.0 Å². The Labute approximate surface area is 122 Å². The average Bonchev–Trinajstić information content (AvgIpc) is 2.38. The van der Waals surface area contributed by atoms with E-state index < -0.39 is 34.6 Å². The number of rotatable bonds is 8. The summed E-state index contributed by atoms with van der Waals surface area (Å²) in [6.07, 6.45) is -0.840. The SMILES string of the molecule is CN(Cc1ccccc1)S(=O)(=O)N[C@H](CC(=O)O)C(=O)O. The van der Waals surface area contributed by atoms with Crippen molar-refractivity contribution in [1.82, 2.24) is 9.03 Å². The molecule has 0 radical (unpaired) electrons. The average molecular weight is 316 g/mol. The lowest BCUT2D eigenvalue weighted by molar-refractivity contribution is -0.145. The van der Waals surface area contributed by atoms with Crippen LogP contribution < -0.4 is 4.72 Å². The van der Waals surface area contributed by atoms with Gasteiger partial charge in [-0.2, -0.15) is 17.4 Å². The molecule has 9 heteroatoms. The second kappa shape index (κ2) is 7.16. The number of carboxylic acid groups (broad SMARTS) is 2. The largest absolute Gasteiger partial charge is 0.481 e. The third-order valence-electron chi connectivity index (χ3n) is 2.63. The lowest BCUT2D eigenvalue weighted by Crippen LogP contribution is -2.47. The Morgan fingerprint density at radius 3 is 2.29 bits per heavy atom. The molecule has 1 rings (SSSR count). The number of carboxylic acids is 2. The first-order valence-corrected chi connectivity index (χ1v) is 7.38. The molecule has 0 aliphatic rings. The van der Waals surface area contributed by atoms with Gasteiger partial charge in [-0.15, -0.1) is 0 Å². The predicted octanol–water partition coefficient (Wildman–Crippen LogP) is -0.119. The lowest BCUT2D eigenvalue weighted by Gasteiger charge is -2.20. The van der Waals surface area contributed by atoms with Crippen molar-refractivity contribution in [3.8, 4) is 0 Å². The maximum absolute atomic E-state index is 12.0. The highest BCUT2D eigenvalue weighted by molar-refractivity contribution is 7.87. The molecule has 0 fully saturated rings. The van der Waals surface area contributed by atoms with Gasteiger partial charge in [-0.05, 0) is 5.56 Å². The monoisotopic (exact) mass is 316 g/mol. The van der Waals surface area contributed by atoms with E-state index in [1.165, 1.54) is 7.05 Å². The van der Waals surface area contributed by atoms with Crippen LogP contribution in [-0.2, 0) is 26.3 Å². The fraction of sp³-hybridized carbons (Fsp3) is 0.333. The second-order valence-corrected chi connectivity index (χ2v) is 6.16. The highest BCUT2D eigenvalue weighted by atomic mass is 32.2. The summed E-state index contributed by atoms with van der Waals surface area (Å²) in [7, 11) is -2.84. The van der Waals surface area contributed by atoms with Crippen LogP contribution in [0.3, 0.4) is 0 Å². The molecule has 21 heavy (non-hydrogen) atoms. The molecule has 0 spiro atoms. The van der Waals surface area contributed by atoms with Gasteiger partial charge in [0.25, 0.3) is 10.2 Å². The summed E-state index contributed by atoms with van der Waals surface area (Å²) < 4.78 is 26.8. The van der Waals surface area contributed by atoms with E-state index in [1.54, 1.807) is 30.3 Å². The van der Waals surface area contributed by atoms with Crippen LogP contribution in [0.15, 0.2) is 30.3 Å². The predicted molar refractivity (Wildman–Crippen MR) is 73.6 cm³/mol. The minimum atomic E-state index is -4.11. The molecular weight excluding hydrogens is 300 g/mol. The first kappa shape index (κ1) is 17.1. The maximum Gasteiger partial charge on any atom is 0.322 e. The van der Waals surface area contributed by atoms with Gasteiger partial charge in [-0.1, -0.05) is 30.3 Å². The van der Waals surface area contributed by atoms with Crippen molar-refractivity contribution in [2.24, 2.45) is 0 Å². The van der Waals surface area contributed by atoms with Crippen LogP contribution in [0, 0.1) is 0 Å². The molecule has 0 saturated carbocycles. The highest BCUT2D eigenvalue weighted by Gasteiger charge is 2.28. The van der Waals surface area contributed by atoms with Gasteiger partial charge in [0.2, 0.25) is 0 Å². The molecule has 0 amide bonds. The molecule has 116 valence electrons. The zero-order valence-electron chi connectivity index (χ0n) is 11.3. The van der Waals surface area contributed by atoms with Gasteiger partial charge in [-0.3, -0.25) is 9.59 Å². The van der Waals surface area contributed by atoms with E-state index in [0.29, 0.717) is 0 Å². The van der Waals surface area contributed by atoms with Crippen molar-refractivity contribution in [3.05, 3.63) is 35.9 Å². The topological polar surface area (TPSA) is 124 Å². The number of benzene rings is 1. The molecule has 0 aromatic heterocycles. The van der Waals surface area contributed by atoms with Crippen LogP contribution in [0.25, 0.3) is 0 Å². The van der Waals surface area contributed by atoms with Crippen molar-refractivity contribution in [1.29, 1.82) is 0 Å². The highest BCUT2D eigenvalue weighted by Crippen LogP contribution is 2.07. The summed E-state index contributed by atoms with van der Waals surface area (Å²) in [4.78, 5) is 21.4. The van der Waals surface area contributed by atoms with Crippen molar-refractivity contribution in [3.63, 3.8) is 0 Å². The molecule has 1 aromatic rings. The summed E-state index contributed by atoms with van der Waals surface area (Å²) >= 11 is 0. The van der Waals surface area contributed by atoms with E-state index >= 15 is 0 Å². The Bertz CT molecular complexity index is 601. The van der Waals surface area contributed by atoms with Crippen molar-refractivity contribution in [2.75, 3.05) is 7.05 Å². The normalized spacial score (nSPS) is 13.0. The summed E-state index contributed by atoms with van der Waals surface area (Å²) in [6, 6.07) is 6.99. The van der Waals surface area contributed by atoms with E-state index in [1.807, 2.05) is 4.72 Å². The number of carbonyl (C=O) groups is 2. The lowest BCUT2D eigenvalue weighted by atomic mass is 10.2. The number of hydrogen-bond donors (Lipinski definition) is 3. The molecule has 0 heterocycles. The van der Waals surface area contributed by atoms with Gasteiger partial charge in [0.15, 0.2) is 0 Å². The minimum absolute atomic E-state index is 0.0373. The fourth-order valence-electron chi connectivity index (χ4n) is 1.55. The summed E-state index contributed by atoms with van der Waals surface area (Å²) in [5, 5.41) is 17.4. The number of hydrogen-bond acceptors (Lipinski definition) is 4. The molecule has 3 N–H and O–H groups in total. The van der Waals surface area contributed by atoms with Gasteiger partial charge in [0.05, 0.1) is 6.42 Å². The third-order valence-corrected chi connectivity index (χ3v) is 4.16. The molecule has 0 aliphatic carbocycles. The smallest absolute Gasteiger partial charge is 0.322 e. The zero-order valence-corrected chi connectivity index (χ0v) is 12.1. The van der Waals surface area contributed by atoms with Crippen molar-refractivity contribution >= 4 is 22.1 Å². The van der Waals surface area contributed by atoms with E-state index in [9.17, 15) is 18.0 Å². The van der Waals surface area contributed by atoms with Gasteiger partial charge >= 0.3 is 11.9 Å². The fourth-order valence-corrected chi connectivity index (χ4v) is 2.59. The molecular formula is C12H16N2O6S. The van der Waals surface area contributed by atoms with Crippen molar-refractivity contribution < 1.29 is 28.2 Å². The van der Waals surface area contributed by atoms with Gasteiger partial charge in [0.1, 0.15) is 6.04 Å². The quantitative estimate of drug-likeness (QED) is 0.614. The Hall–Kier alpha value is -1.97. The standard InChI is InChI=1S/C12H16N2O6S/c1-14(8-9-5-3-2-4-6-9)21(19,20)13-10(12(17)18)7-11(15)16/h2-6,10,13H,7-8H2,1H3,(H,15,16)(H,17,18)/t10-/m1/s1. The first-order valence-electron chi connectivity index (χ1n) is 5.94. The molecule has 0 unspecified atom stereocenters. The van der Waals surface area contributed by atoms with Crippen LogP contribution in [0.4, 0.5) is 0 Å². The summed E-state index contributed by atoms with van der Waals surface area (Å²) in [5.41, 5.74) is 0.718.